The highest BCUT2D eigenvalue weighted by Crippen LogP contribution is 2.21. The normalized spacial score (nSPS) is 39.2. The van der Waals surface area contributed by atoms with Crippen LogP contribution in [0, 0.1) is 5.92 Å². The summed E-state index contributed by atoms with van der Waals surface area (Å²) in [6.07, 6.45) is -1.65. The molecule has 4 nitrogen and oxygen atoms in total. The van der Waals surface area contributed by atoms with Crippen LogP contribution in [0.2, 0.25) is 0 Å². The molecule has 4 heteroatoms. The summed E-state index contributed by atoms with van der Waals surface area (Å²) >= 11 is 0. The largest absolute Gasteiger partial charge is 0.396 e. The van der Waals surface area contributed by atoms with Gasteiger partial charge in [-0.1, -0.05) is 0 Å². The number of aliphatic hydroxyl groups excluding tert-OH is 3. The third-order valence-electron chi connectivity index (χ3n) is 2.13. The Kier molecular flexibility index (Phi) is 2.59. The van der Waals surface area contributed by atoms with Gasteiger partial charge < -0.3 is 15.3 Å². The van der Waals surface area contributed by atoms with Gasteiger partial charge in [0.15, 0.2) is 5.78 Å². The molecule has 0 heterocycles. The molecule has 1 aliphatic carbocycles. The standard InChI is InChI=1S/C7H12O4/c8-3-4-1-2-5(9)7(11)6(4)10/h4,6-8,10-11H,1-3H2. The van der Waals surface area contributed by atoms with Crippen molar-refractivity contribution < 1.29 is 20.1 Å². The molecule has 0 aromatic carbocycles. The summed E-state index contributed by atoms with van der Waals surface area (Å²) in [4.78, 5) is 10.8. The average molecular weight is 160 g/mol. The van der Waals surface area contributed by atoms with E-state index < -0.39 is 12.2 Å². The van der Waals surface area contributed by atoms with Crippen molar-refractivity contribution in [2.45, 2.75) is 25.0 Å². The lowest BCUT2D eigenvalue weighted by Gasteiger charge is -2.29. The lowest BCUT2D eigenvalue weighted by atomic mass is 9.84. The zero-order chi connectivity index (χ0) is 8.43. The van der Waals surface area contributed by atoms with Crippen molar-refractivity contribution in [1.82, 2.24) is 0 Å². The van der Waals surface area contributed by atoms with Crippen LogP contribution in [0.1, 0.15) is 12.8 Å². The second-order valence-corrected chi connectivity index (χ2v) is 2.88. The van der Waals surface area contributed by atoms with Gasteiger partial charge in [0, 0.05) is 18.9 Å². The first-order chi connectivity index (χ1) is 5.16. The zero-order valence-electron chi connectivity index (χ0n) is 6.10. The van der Waals surface area contributed by atoms with Crippen LogP contribution in [-0.4, -0.2) is 39.9 Å². The molecule has 1 saturated carbocycles. The Bertz CT molecular complexity index is 157. The second kappa shape index (κ2) is 3.30. The first kappa shape index (κ1) is 8.64. The van der Waals surface area contributed by atoms with Gasteiger partial charge >= 0.3 is 0 Å². The van der Waals surface area contributed by atoms with E-state index in [0.29, 0.717) is 6.42 Å². The third-order valence-corrected chi connectivity index (χ3v) is 2.13. The number of aliphatic hydroxyl groups is 3. The summed E-state index contributed by atoms with van der Waals surface area (Å²) in [6, 6.07) is 0. The summed E-state index contributed by atoms with van der Waals surface area (Å²) in [5, 5.41) is 26.9. The maximum absolute atomic E-state index is 10.8. The Morgan fingerprint density at radius 1 is 1.45 bits per heavy atom. The van der Waals surface area contributed by atoms with E-state index in [0.717, 1.165) is 0 Å². The van der Waals surface area contributed by atoms with Crippen molar-refractivity contribution >= 4 is 5.78 Å². The lowest BCUT2D eigenvalue weighted by molar-refractivity contribution is -0.142. The Balaban J connectivity index is 2.59. The van der Waals surface area contributed by atoms with Gasteiger partial charge in [0.05, 0.1) is 6.10 Å². The maximum atomic E-state index is 10.8. The van der Waals surface area contributed by atoms with Gasteiger partial charge in [-0.3, -0.25) is 4.79 Å². The van der Waals surface area contributed by atoms with Gasteiger partial charge in [0.25, 0.3) is 0 Å². The molecule has 0 spiro atoms. The van der Waals surface area contributed by atoms with Crippen LogP contribution in [0.5, 0.6) is 0 Å². The fourth-order valence-corrected chi connectivity index (χ4v) is 1.29. The van der Waals surface area contributed by atoms with Crippen LogP contribution in [0.15, 0.2) is 0 Å². The van der Waals surface area contributed by atoms with Gasteiger partial charge in [-0.2, -0.15) is 0 Å². The Morgan fingerprint density at radius 3 is 2.64 bits per heavy atom. The topological polar surface area (TPSA) is 77.8 Å². The smallest absolute Gasteiger partial charge is 0.163 e. The highest BCUT2D eigenvalue weighted by molar-refractivity contribution is 5.84. The van der Waals surface area contributed by atoms with Gasteiger partial charge in [-0.05, 0) is 6.42 Å². The Hall–Kier alpha value is -0.450. The van der Waals surface area contributed by atoms with Crippen molar-refractivity contribution in [2.24, 2.45) is 5.92 Å². The molecule has 0 radical (unpaired) electrons. The number of rotatable bonds is 1. The predicted molar refractivity (Wildman–Crippen MR) is 36.8 cm³/mol. The molecule has 0 aromatic heterocycles. The molecule has 64 valence electrons. The van der Waals surface area contributed by atoms with Gasteiger partial charge in [-0.25, -0.2) is 0 Å². The van der Waals surface area contributed by atoms with Gasteiger partial charge in [0.1, 0.15) is 6.10 Å². The molecule has 3 atom stereocenters. The molecule has 0 bridgehead atoms. The summed E-state index contributed by atoms with van der Waals surface area (Å²) in [5.74, 6) is -0.676. The van der Waals surface area contributed by atoms with Crippen LogP contribution in [-0.2, 0) is 4.79 Å². The molecule has 3 N–H and O–H groups in total. The molecule has 1 fully saturated rings. The van der Waals surface area contributed by atoms with Crippen molar-refractivity contribution in [2.75, 3.05) is 6.61 Å². The van der Waals surface area contributed by atoms with E-state index in [4.69, 9.17) is 10.2 Å². The fourth-order valence-electron chi connectivity index (χ4n) is 1.29. The molecule has 3 unspecified atom stereocenters. The van der Waals surface area contributed by atoms with Crippen LogP contribution in [0.3, 0.4) is 0 Å². The minimum Gasteiger partial charge on any atom is -0.396 e. The quantitative estimate of drug-likeness (QED) is 0.444. The fraction of sp³-hybridized carbons (Fsp3) is 0.857. The number of carbonyl (C=O) groups excluding carboxylic acids is 1. The highest BCUT2D eigenvalue weighted by Gasteiger charge is 2.35. The number of ketones is 1. The molecule has 11 heavy (non-hydrogen) atoms. The van der Waals surface area contributed by atoms with Crippen molar-refractivity contribution in [3.05, 3.63) is 0 Å². The van der Waals surface area contributed by atoms with E-state index in [2.05, 4.69) is 0 Å². The van der Waals surface area contributed by atoms with Gasteiger partial charge in [0.2, 0.25) is 0 Å². The molecular formula is C7H12O4. The number of carbonyl (C=O) groups is 1. The van der Waals surface area contributed by atoms with E-state index >= 15 is 0 Å². The van der Waals surface area contributed by atoms with Crippen molar-refractivity contribution in [3.63, 3.8) is 0 Å². The number of hydrogen-bond acceptors (Lipinski definition) is 4. The Labute approximate surface area is 64.5 Å². The molecule has 0 aromatic rings. The van der Waals surface area contributed by atoms with Gasteiger partial charge in [-0.15, -0.1) is 0 Å². The molecule has 0 amide bonds. The van der Waals surface area contributed by atoms with Crippen LogP contribution in [0.25, 0.3) is 0 Å². The predicted octanol–water partition coefficient (Wildman–Crippen LogP) is -1.32. The molecule has 1 aliphatic rings. The Morgan fingerprint density at radius 2 is 2.09 bits per heavy atom. The number of Topliss-reactive ketones (excluding diaryl/α,β-unsaturated/α-hetero) is 1. The van der Waals surface area contributed by atoms with E-state index in [-0.39, 0.29) is 24.7 Å². The van der Waals surface area contributed by atoms with Crippen molar-refractivity contribution in [1.29, 1.82) is 0 Å². The molecule has 1 rings (SSSR count). The van der Waals surface area contributed by atoms with Crippen LogP contribution in [0.4, 0.5) is 0 Å². The first-order valence-electron chi connectivity index (χ1n) is 3.66. The first-order valence-corrected chi connectivity index (χ1v) is 3.66. The minimum absolute atomic E-state index is 0.175. The highest BCUT2D eigenvalue weighted by atomic mass is 16.3. The van der Waals surface area contributed by atoms with E-state index in [1.165, 1.54) is 0 Å². The van der Waals surface area contributed by atoms with Crippen molar-refractivity contribution in [3.8, 4) is 0 Å². The summed E-state index contributed by atoms with van der Waals surface area (Å²) in [5.41, 5.74) is 0. The lowest BCUT2D eigenvalue weighted by Crippen LogP contribution is -2.44. The second-order valence-electron chi connectivity index (χ2n) is 2.88. The minimum atomic E-state index is -1.29. The van der Waals surface area contributed by atoms with E-state index in [9.17, 15) is 9.90 Å². The van der Waals surface area contributed by atoms with E-state index in [1.54, 1.807) is 0 Å². The summed E-state index contributed by atoms with van der Waals surface area (Å²) in [7, 11) is 0. The zero-order valence-corrected chi connectivity index (χ0v) is 6.10. The number of hydrogen-bond donors (Lipinski definition) is 3. The van der Waals surface area contributed by atoms with Crippen LogP contribution >= 0.6 is 0 Å². The molecule has 0 aliphatic heterocycles. The summed E-state index contributed by atoms with van der Waals surface area (Å²) in [6.45, 7) is -0.175. The average Bonchev–Trinajstić information content (AvgIpc) is 2.01. The third kappa shape index (κ3) is 1.58. The van der Waals surface area contributed by atoms with E-state index in [1.807, 2.05) is 0 Å². The SMILES string of the molecule is O=C1CCC(CO)C(O)C1O. The monoisotopic (exact) mass is 160 g/mol. The maximum Gasteiger partial charge on any atom is 0.163 e. The molecule has 0 saturated heterocycles. The van der Waals surface area contributed by atoms with Crippen LogP contribution < -0.4 is 0 Å². The summed E-state index contributed by atoms with van der Waals surface area (Å²) < 4.78 is 0. The molecular weight excluding hydrogens is 148 g/mol.